The zero-order valence-electron chi connectivity index (χ0n) is 11.0. The van der Waals surface area contributed by atoms with E-state index in [-0.39, 0.29) is 5.60 Å². The molecular weight excluding hydrogens is 226 g/mol. The van der Waals surface area contributed by atoms with Gasteiger partial charge in [0.2, 0.25) is 0 Å². The van der Waals surface area contributed by atoms with Crippen molar-refractivity contribution in [2.24, 2.45) is 5.73 Å². The van der Waals surface area contributed by atoms with Gasteiger partial charge in [0.1, 0.15) is 0 Å². The molecule has 4 nitrogen and oxygen atoms in total. The van der Waals surface area contributed by atoms with Crippen LogP contribution >= 0.6 is 0 Å². The molecular formula is C14H23N3O. The Balaban J connectivity index is 1.56. The van der Waals surface area contributed by atoms with Crippen molar-refractivity contribution in [2.45, 2.75) is 63.2 Å². The molecule has 1 spiro atoms. The van der Waals surface area contributed by atoms with E-state index in [0.29, 0.717) is 12.6 Å². The van der Waals surface area contributed by atoms with E-state index >= 15 is 0 Å². The largest absolute Gasteiger partial charge is 0.370 e. The minimum absolute atomic E-state index is 0.234. The first-order valence-corrected chi connectivity index (χ1v) is 7.19. The first kappa shape index (κ1) is 12.2. The van der Waals surface area contributed by atoms with Crippen LogP contribution in [0.25, 0.3) is 0 Å². The van der Waals surface area contributed by atoms with Crippen molar-refractivity contribution in [1.82, 2.24) is 9.78 Å². The summed E-state index contributed by atoms with van der Waals surface area (Å²) in [6.45, 7) is 1.58. The highest BCUT2D eigenvalue weighted by atomic mass is 16.5. The van der Waals surface area contributed by atoms with E-state index in [2.05, 4.69) is 11.3 Å². The summed E-state index contributed by atoms with van der Waals surface area (Å²) in [7, 11) is 0. The third-order valence-corrected chi connectivity index (χ3v) is 4.36. The lowest BCUT2D eigenvalue weighted by Gasteiger charge is -2.23. The van der Waals surface area contributed by atoms with Gasteiger partial charge in [0.25, 0.3) is 0 Å². The van der Waals surface area contributed by atoms with E-state index in [1.165, 1.54) is 44.1 Å². The molecule has 4 heteroatoms. The Morgan fingerprint density at radius 2 is 2.22 bits per heavy atom. The van der Waals surface area contributed by atoms with Gasteiger partial charge in [0, 0.05) is 6.20 Å². The molecule has 1 aliphatic carbocycles. The molecule has 1 unspecified atom stereocenters. The summed E-state index contributed by atoms with van der Waals surface area (Å²) in [4.78, 5) is 0. The van der Waals surface area contributed by atoms with Crippen LogP contribution in [0.4, 0.5) is 0 Å². The Morgan fingerprint density at radius 3 is 3.00 bits per heavy atom. The average Bonchev–Trinajstić information content (AvgIpc) is 3.06. The van der Waals surface area contributed by atoms with Crippen molar-refractivity contribution >= 4 is 0 Å². The van der Waals surface area contributed by atoms with Gasteiger partial charge in [-0.25, -0.2) is 0 Å². The van der Waals surface area contributed by atoms with Crippen LogP contribution in [0.3, 0.4) is 0 Å². The lowest BCUT2D eigenvalue weighted by molar-refractivity contribution is -0.0429. The van der Waals surface area contributed by atoms with Crippen molar-refractivity contribution in [2.75, 3.05) is 6.54 Å². The van der Waals surface area contributed by atoms with Gasteiger partial charge in [0.05, 0.1) is 24.4 Å². The Hall–Kier alpha value is -0.870. The molecule has 2 heterocycles. The van der Waals surface area contributed by atoms with Crippen LogP contribution in [-0.4, -0.2) is 28.0 Å². The van der Waals surface area contributed by atoms with Crippen molar-refractivity contribution in [3.05, 3.63) is 18.0 Å². The summed E-state index contributed by atoms with van der Waals surface area (Å²) >= 11 is 0. The molecule has 2 N–H and O–H groups in total. The first-order valence-electron chi connectivity index (χ1n) is 7.19. The molecule has 2 fully saturated rings. The maximum absolute atomic E-state index is 6.30. The Bertz CT molecular complexity index is 395. The third kappa shape index (κ3) is 2.45. The molecule has 18 heavy (non-hydrogen) atoms. The van der Waals surface area contributed by atoms with E-state index in [4.69, 9.17) is 10.5 Å². The molecule has 1 aromatic rings. The molecule has 1 atom stereocenters. The maximum Gasteiger partial charge on any atom is 0.0779 e. The van der Waals surface area contributed by atoms with E-state index in [1.807, 2.05) is 10.9 Å². The molecule has 0 aromatic carbocycles. The number of nitrogens with two attached hydrogens (primary N) is 1. The molecule has 0 amide bonds. The summed E-state index contributed by atoms with van der Waals surface area (Å²) in [5.74, 6) is 0. The number of ether oxygens (including phenoxy) is 1. The molecule has 100 valence electrons. The molecule has 1 aromatic heterocycles. The number of hydrogen-bond donors (Lipinski definition) is 1. The zero-order valence-corrected chi connectivity index (χ0v) is 11.0. The molecule has 1 saturated carbocycles. The fourth-order valence-electron chi connectivity index (χ4n) is 3.42. The van der Waals surface area contributed by atoms with Crippen LogP contribution in [0.5, 0.6) is 0 Å². The molecule has 0 radical (unpaired) electrons. The van der Waals surface area contributed by atoms with Crippen LogP contribution in [0, 0.1) is 0 Å². The monoisotopic (exact) mass is 249 g/mol. The summed E-state index contributed by atoms with van der Waals surface area (Å²) in [5.41, 5.74) is 7.01. The summed E-state index contributed by atoms with van der Waals surface area (Å²) in [5, 5.41) is 4.39. The van der Waals surface area contributed by atoms with Gasteiger partial charge >= 0.3 is 0 Å². The van der Waals surface area contributed by atoms with Crippen LogP contribution < -0.4 is 5.73 Å². The summed E-state index contributed by atoms with van der Waals surface area (Å²) in [6, 6.07) is 0. The quantitative estimate of drug-likeness (QED) is 0.886. The second-order valence-corrected chi connectivity index (χ2v) is 5.78. The van der Waals surface area contributed by atoms with E-state index < -0.39 is 0 Å². The van der Waals surface area contributed by atoms with E-state index in [0.717, 1.165) is 13.0 Å². The van der Waals surface area contributed by atoms with Crippen molar-refractivity contribution in [3.8, 4) is 0 Å². The fraction of sp³-hybridized carbons (Fsp3) is 0.786. The van der Waals surface area contributed by atoms with Gasteiger partial charge in [-0.15, -0.1) is 0 Å². The third-order valence-electron chi connectivity index (χ3n) is 4.36. The van der Waals surface area contributed by atoms with Gasteiger partial charge in [0.15, 0.2) is 0 Å². The average molecular weight is 249 g/mol. The van der Waals surface area contributed by atoms with Gasteiger partial charge in [-0.05, 0) is 44.2 Å². The predicted molar refractivity (Wildman–Crippen MR) is 70.3 cm³/mol. The number of rotatable bonds is 4. The van der Waals surface area contributed by atoms with Gasteiger partial charge in [-0.1, -0.05) is 12.8 Å². The lowest BCUT2D eigenvalue weighted by Crippen LogP contribution is -2.26. The summed E-state index contributed by atoms with van der Waals surface area (Å²) in [6.07, 6.45) is 12.9. The molecule has 3 rings (SSSR count). The van der Waals surface area contributed by atoms with Crippen LogP contribution in [0.2, 0.25) is 0 Å². The minimum Gasteiger partial charge on any atom is -0.370 e. The minimum atomic E-state index is 0.234. The Labute approximate surface area is 108 Å². The highest BCUT2D eigenvalue weighted by molar-refractivity contribution is 5.04. The normalized spacial score (nSPS) is 26.2. The lowest BCUT2D eigenvalue weighted by atomic mass is 9.98. The van der Waals surface area contributed by atoms with E-state index in [1.54, 1.807) is 0 Å². The van der Waals surface area contributed by atoms with Gasteiger partial charge in [-0.2, -0.15) is 5.10 Å². The number of nitrogens with zero attached hydrogens (tertiary/aromatic N) is 2. The van der Waals surface area contributed by atoms with E-state index in [9.17, 15) is 0 Å². The molecule has 1 saturated heterocycles. The maximum atomic E-state index is 6.30. The van der Waals surface area contributed by atoms with Crippen molar-refractivity contribution in [3.63, 3.8) is 0 Å². The van der Waals surface area contributed by atoms with Gasteiger partial charge in [-0.3, -0.25) is 4.68 Å². The van der Waals surface area contributed by atoms with Crippen LogP contribution in [0.15, 0.2) is 12.4 Å². The topological polar surface area (TPSA) is 53.1 Å². The van der Waals surface area contributed by atoms with Crippen molar-refractivity contribution < 1.29 is 4.74 Å². The second-order valence-electron chi connectivity index (χ2n) is 5.78. The number of aromatic nitrogens is 2. The zero-order chi connectivity index (χ0) is 12.4. The highest BCUT2D eigenvalue weighted by Gasteiger charge is 2.42. The second kappa shape index (κ2) is 5.02. The Morgan fingerprint density at radius 1 is 1.39 bits per heavy atom. The fourth-order valence-corrected chi connectivity index (χ4v) is 3.42. The Kier molecular flexibility index (Phi) is 3.39. The van der Waals surface area contributed by atoms with Gasteiger partial charge < -0.3 is 10.5 Å². The van der Waals surface area contributed by atoms with Crippen LogP contribution in [0.1, 0.15) is 44.1 Å². The molecule has 0 bridgehead atoms. The SMILES string of the molecule is NCCc1cnn(CC2CCC3(CCCC3)O2)c1. The highest BCUT2D eigenvalue weighted by Crippen LogP contribution is 2.43. The first-order chi connectivity index (χ1) is 8.80. The van der Waals surface area contributed by atoms with Crippen LogP contribution in [-0.2, 0) is 17.7 Å². The predicted octanol–water partition coefficient (Wildman–Crippen LogP) is 1.88. The summed E-state index contributed by atoms with van der Waals surface area (Å²) < 4.78 is 8.32. The molecule has 2 aliphatic rings. The van der Waals surface area contributed by atoms with Crippen molar-refractivity contribution in [1.29, 1.82) is 0 Å². The standard InChI is InChI=1S/C14H23N3O/c15-8-4-12-9-16-17(10-12)11-13-3-7-14(18-13)5-1-2-6-14/h9-10,13H,1-8,11,15H2. The molecule has 1 aliphatic heterocycles. The number of hydrogen-bond acceptors (Lipinski definition) is 3. The smallest absolute Gasteiger partial charge is 0.0779 e.